The molecule has 1 rings (SSSR count). The summed E-state index contributed by atoms with van der Waals surface area (Å²) in [6.45, 7) is 2.99. The van der Waals surface area contributed by atoms with Crippen LogP contribution in [-0.2, 0) is 10.0 Å². The quantitative estimate of drug-likeness (QED) is 0.879. The number of hydrogen-bond acceptors (Lipinski definition) is 3. The van der Waals surface area contributed by atoms with Crippen LogP contribution in [0.2, 0.25) is 0 Å². The van der Waals surface area contributed by atoms with Crippen LogP contribution in [0, 0.1) is 17.1 Å². The molecule has 4 nitrogen and oxygen atoms in total. The molecule has 1 aromatic carbocycles. The van der Waals surface area contributed by atoms with E-state index in [0.717, 1.165) is 6.07 Å². The first kappa shape index (κ1) is 12.5. The lowest BCUT2D eigenvalue weighted by atomic mass is 10.2. The van der Waals surface area contributed by atoms with Crippen LogP contribution in [0.4, 0.5) is 10.1 Å². The van der Waals surface area contributed by atoms with E-state index in [-0.39, 0.29) is 11.3 Å². The maximum Gasteiger partial charge on any atom is 0.235 e. The minimum atomic E-state index is -3.57. The molecule has 1 N–H and O–H groups in total. The van der Waals surface area contributed by atoms with E-state index in [4.69, 9.17) is 5.26 Å². The highest BCUT2D eigenvalue weighted by atomic mass is 32.2. The summed E-state index contributed by atoms with van der Waals surface area (Å²) in [6.07, 6.45) is 0. The Labute approximate surface area is 93.8 Å². The topological polar surface area (TPSA) is 70.0 Å². The number of rotatable bonds is 3. The molecule has 0 amide bonds. The molecule has 0 spiro atoms. The number of benzene rings is 1. The molecule has 0 aliphatic rings. The van der Waals surface area contributed by atoms with Crippen molar-refractivity contribution in [1.82, 2.24) is 0 Å². The number of nitriles is 1. The molecule has 0 radical (unpaired) electrons. The fraction of sp³-hybridized carbons (Fsp3) is 0.300. The third kappa shape index (κ3) is 2.49. The average Bonchev–Trinajstić information content (AvgIpc) is 2.17. The van der Waals surface area contributed by atoms with E-state index >= 15 is 0 Å². The molecular formula is C10H11FN2O2S. The molecular weight excluding hydrogens is 231 g/mol. The summed E-state index contributed by atoms with van der Waals surface area (Å²) in [5, 5.41) is 8.06. The second-order valence-corrected chi connectivity index (χ2v) is 5.71. The van der Waals surface area contributed by atoms with E-state index < -0.39 is 21.1 Å². The van der Waals surface area contributed by atoms with Crippen LogP contribution in [0.3, 0.4) is 0 Å². The van der Waals surface area contributed by atoms with Gasteiger partial charge in [0.05, 0.1) is 10.9 Å². The molecule has 1 aromatic rings. The van der Waals surface area contributed by atoms with Crippen LogP contribution in [0.5, 0.6) is 0 Å². The van der Waals surface area contributed by atoms with Gasteiger partial charge in [-0.3, -0.25) is 4.72 Å². The summed E-state index contributed by atoms with van der Waals surface area (Å²) in [4.78, 5) is 0. The lowest BCUT2D eigenvalue weighted by Gasteiger charge is -2.11. The highest BCUT2D eigenvalue weighted by Gasteiger charge is 2.18. The Hall–Kier alpha value is -1.61. The first-order chi connectivity index (χ1) is 7.38. The van der Waals surface area contributed by atoms with Gasteiger partial charge >= 0.3 is 0 Å². The van der Waals surface area contributed by atoms with Gasteiger partial charge in [0.25, 0.3) is 0 Å². The molecule has 0 atom stereocenters. The zero-order chi connectivity index (χ0) is 12.3. The smallest absolute Gasteiger partial charge is 0.235 e. The van der Waals surface area contributed by atoms with Crippen molar-refractivity contribution in [1.29, 1.82) is 5.26 Å². The minimum absolute atomic E-state index is 0.0313. The third-order valence-electron chi connectivity index (χ3n) is 2.00. The molecule has 6 heteroatoms. The van der Waals surface area contributed by atoms with Crippen molar-refractivity contribution in [2.24, 2.45) is 0 Å². The summed E-state index contributed by atoms with van der Waals surface area (Å²) >= 11 is 0. The first-order valence-electron chi connectivity index (χ1n) is 4.58. The van der Waals surface area contributed by atoms with Gasteiger partial charge in [0.15, 0.2) is 0 Å². The van der Waals surface area contributed by atoms with Gasteiger partial charge in [-0.1, -0.05) is 6.07 Å². The van der Waals surface area contributed by atoms with E-state index in [2.05, 4.69) is 4.72 Å². The SMILES string of the molecule is CC(C)S(=O)(=O)Nc1cccc(F)c1C#N. The lowest BCUT2D eigenvalue weighted by Crippen LogP contribution is -2.23. The molecule has 0 saturated heterocycles. The van der Waals surface area contributed by atoms with Crippen LogP contribution in [0.1, 0.15) is 19.4 Å². The van der Waals surface area contributed by atoms with E-state index in [9.17, 15) is 12.8 Å². The van der Waals surface area contributed by atoms with Gasteiger partial charge in [-0.15, -0.1) is 0 Å². The Morgan fingerprint density at radius 1 is 1.44 bits per heavy atom. The van der Waals surface area contributed by atoms with Crippen molar-refractivity contribution in [3.05, 3.63) is 29.6 Å². The Balaban J connectivity index is 3.18. The van der Waals surface area contributed by atoms with Crippen LogP contribution >= 0.6 is 0 Å². The third-order valence-corrected chi connectivity index (χ3v) is 3.74. The zero-order valence-corrected chi connectivity index (χ0v) is 9.68. The van der Waals surface area contributed by atoms with Gasteiger partial charge in [0.2, 0.25) is 10.0 Å². The maximum absolute atomic E-state index is 13.2. The Bertz CT molecular complexity index is 532. The summed E-state index contributed by atoms with van der Waals surface area (Å²) < 4.78 is 38.4. The van der Waals surface area contributed by atoms with Crippen molar-refractivity contribution in [3.8, 4) is 6.07 Å². The van der Waals surface area contributed by atoms with E-state index in [1.807, 2.05) is 0 Å². The van der Waals surface area contributed by atoms with Gasteiger partial charge < -0.3 is 0 Å². The molecule has 0 bridgehead atoms. The van der Waals surface area contributed by atoms with Crippen molar-refractivity contribution in [3.63, 3.8) is 0 Å². The van der Waals surface area contributed by atoms with Crippen LogP contribution in [0.25, 0.3) is 0 Å². The van der Waals surface area contributed by atoms with E-state index in [1.54, 1.807) is 6.07 Å². The van der Waals surface area contributed by atoms with Gasteiger partial charge in [-0.05, 0) is 26.0 Å². The molecule has 0 aromatic heterocycles. The summed E-state index contributed by atoms with van der Waals surface area (Å²) in [5.74, 6) is -0.744. The highest BCUT2D eigenvalue weighted by molar-refractivity contribution is 7.93. The predicted octanol–water partition coefficient (Wildman–Crippen LogP) is 1.85. The average molecular weight is 242 g/mol. The second kappa shape index (κ2) is 4.49. The van der Waals surface area contributed by atoms with Crippen molar-refractivity contribution >= 4 is 15.7 Å². The van der Waals surface area contributed by atoms with Gasteiger partial charge in [0.1, 0.15) is 17.4 Å². The normalized spacial score (nSPS) is 11.2. The Kier molecular flexibility index (Phi) is 3.50. The van der Waals surface area contributed by atoms with Crippen LogP contribution in [0.15, 0.2) is 18.2 Å². The molecule has 0 aliphatic carbocycles. The number of nitrogens with one attached hydrogen (secondary N) is 1. The monoisotopic (exact) mass is 242 g/mol. The van der Waals surface area contributed by atoms with Crippen molar-refractivity contribution in [2.75, 3.05) is 4.72 Å². The number of halogens is 1. The van der Waals surface area contributed by atoms with Gasteiger partial charge in [-0.2, -0.15) is 5.26 Å². The summed E-state index contributed by atoms with van der Waals surface area (Å²) in [5.41, 5.74) is -0.331. The number of anilines is 1. The highest BCUT2D eigenvalue weighted by Crippen LogP contribution is 2.19. The molecule has 0 aliphatic heterocycles. The molecule has 0 unspecified atom stereocenters. The number of sulfonamides is 1. The van der Waals surface area contributed by atoms with E-state index in [1.165, 1.54) is 26.0 Å². The Morgan fingerprint density at radius 2 is 2.06 bits per heavy atom. The van der Waals surface area contributed by atoms with Crippen LogP contribution < -0.4 is 4.72 Å². The molecule has 16 heavy (non-hydrogen) atoms. The van der Waals surface area contributed by atoms with Gasteiger partial charge in [-0.25, -0.2) is 12.8 Å². The number of nitrogens with zero attached hydrogens (tertiary/aromatic N) is 1. The fourth-order valence-electron chi connectivity index (χ4n) is 0.994. The second-order valence-electron chi connectivity index (χ2n) is 3.47. The molecule has 86 valence electrons. The van der Waals surface area contributed by atoms with Gasteiger partial charge in [0, 0.05) is 0 Å². The van der Waals surface area contributed by atoms with Crippen molar-refractivity contribution in [2.45, 2.75) is 19.1 Å². The fourth-order valence-corrected chi connectivity index (χ4v) is 1.71. The lowest BCUT2D eigenvalue weighted by molar-refractivity contribution is 0.592. The standard InChI is InChI=1S/C10H11FN2O2S/c1-7(2)16(14,15)13-10-5-3-4-9(11)8(10)6-12/h3-5,7,13H,1-2H3. The maximum atomic E-state index is 13.2. The minimum Gasteiger partial charge on any atom is -0.282 e. The molecule has 0 fully saturated rings. The number of hydrogen-bond donors (Lipinski definition) is 1. The molecule has 0 heterocycles. The van der Waals surface area contributed by atoms with E-state index in [0.29, 0.717) is 0 Å². The van der Waals surface area contributed by atoms with Crippen molar-refractivity contribution < 1.29 is 12.8 Å². The van der Waals surface area contributed by atoms with Crippen LogP contribution in [-0.4, -0.2) is 13.7 Å². The zero-order valence-electron chi connectivity index (χ0n) is 8.86. The predicted molar refractivity (Wildman–Crippen MR) is 58.8 cm³/mol. The molecule has 0 saturated carbocycles. The largest absolute Gasteiger partial charge is 0.282 e. The first-order valence-corrected chi connectivity index (χ1v) is 6.13. The summed E-state index contributed by atoms with van der Waals surface area (Å²) in [6, 6.07) is 5.42. The summed E-state index contributed by atoms with van der Waals surface area (Å²) in [7, 11) is -3.57. The Morgan fingerprint density at radius 3 is 2.56 bits per heavy atom.